The molecule has 0 spiro atoms. The number of carbonyl (C=O) groups is 2. The molecule has 3 N–H and O–H groups in total. The fourth-order valence-corrected chi connectivity index (χ4v) is 2.16. The molecule has 1 heterocycles. The molecule has 0 unspecified atom stereocenters. The van der Waals surface area contributed by atoms with Gasteiger partial charge in [0.15, 0.2) is 0 Å². The highest BCUT2D eigenvalue weighted by Crippen LogP contribution is 2.20. The summed E-state index contributed by atoms with van der Waals surface area (Å²) in [6.45, 7) is 3.29. The van der Waals surface area contributed by atoms with Gasteiger partial charge in [0.1, 0.15) is 16.3 Å². The number of carbonyl (C=O) groups excluding carboxylic acids is 2. The average molecular weight is 295 g/mol. The van der Waals surface area contributed by atoms with Crippen molar-refractivity contribution in [3.05, 3.63) is 35.1 Å². The Morgan fingerprint density at radius 2 is 2.10 bits per heavy atom. The number of nitrogens with two attached hydrogens (primary N) is 1. The van der Waals surface area contributed by atoms with E-state index in [0.717, 1.165) is 4.90 Å². The molecule has 1 fully saturated rings. The Bertz CT molecular complexity index is 616. The van der Waals surface area contributed by atoms with Gasteiger partial charge in [0, 0.05) is 5.56 Å². The highest BCUT2D eigenvalue weighted by atomic mass is 32.1. The maximum Gasteiger partial charge on any atom is 0.325 e. The van der Waals surface area contributed by atoms with Crippen LogP contribution in [0, 0.1) is 5.82 Å². The number of imide groups is 1. The molecule has 20 heavy (non-hydrogen) atoms. The number of rotatable bonds is 3. The molecular weight excluding hydrogens is 281 g/mol. The lowest BCUT2D eigenvalue weighted by Gasteiger charge is -2.16. The second-order valence-electron chi connectivity index (χ2n) is 5.12. The van der Waals surface area contributed by atoms with Crippen molar-refractivity contribution >= 4 is 29.1 Å². The van der Waals surface area contributed by atoms with Crippen LogP contribution in [-0.2, 0) is 11.3 Å². The van der Waals surface area contributed by atoms with Gasteiger partial charge in [0.25, 0.3) is 5.91 Å². The van der Waals surface area contributed by atoms with Gasteiger partial charge in [-0.05, 0) is 31.5 Å². The van der Waals surface area contributed by atoms with E-state index >= 15 is 0 Å². The van der Waals surface area contributed by atoms with Crippen LogP contribution in [0.25, 0.3) is 0 Å². The summed E-state index contributed by atoms with van der Waals surface area (Å²) in [5, 5.41) is 2.57. The first-order valence-corrected chi connectivity index (χ1v) is 6.35. The predicted octanol–water partition coefficient (Wildman–Crippen LogP) is 1.29. The summed E-state index contributed by atoms with van der Waals surface area (Å²) in [4.78, 5) is 24.8. The monoisotopic (exact) mass is 295 g/mol. The molecule has 0 aliphatic carbocycles. The van der Waals surface area contributed by atoms with Gasteiger partial charge in [-0.2, -0.15) is 0 Å². The number of nitrogens with one attached hydrogen (secondary N) is 1. The van der Waals surface area contributed by atoms with Gasteiger partial charge in [0.05, 0.1) is 6.54 Å². The maximum absolute atomic E-state index is 13.5. The van der Waals surface area contributed by atoms with Gasteiger partial charge >= 0.3 is 6.03 Å². The Labute approximate surface area is 120 Å². The number of halogens is 1. The van der Waals surface area contributed by atoms with Crippen LogP contribution >= 0.6 is 12.2 Å². The van der Waals surface area contributed by atoms with Crippen LogP contribution in [0.4, 0.5) is 9.18 Å². The van der Waals surface area contributed by atoms with Crippen molar-refractivity contribution in [2.45, 2.75) is 25.9 Å². The Hall–Kier alpha value is -2.02. The lowest BCUT2D eigenvalue weighted by molar-refractivity contribution is -0.130. The predicted molar refractivity (Wildman–Crippen MR) is 75.4 cm³/mol. The third-order valence-corrected chi connectivity index (χ3v) is 3.30. The molecular formula is C13H14FN3O2S. The second-order valence-corrected chi connectivity index (χ2v) is 5.56. The van der Waals surface area contributed by atoms with Gasteiger partial charge < -0.3 is 11.1 Å². The molecule has 7 heteroatoms. The number of nitrogens with zero attached hydrogens (tertiary/aromatic N) is 1. The second kappa shape index (κ2) is 4.82. The summed E-state index contributed by atoms with van der Waals surface area (Å²) in [5.41, 5.74) is 5.17. The third-order valence-electron chi connectivity index (χ3n) is 3.08. The lowest BCUT2D eigenvalue weighted by atomic mass is 10.1. The van der Waals surface area contributed by atoms with E-state index in [2.05, 4.69) is 5.32 Å². The fraction of sp³-hybridized carbons (Fsp3) is 0.308. The van der Waals surface area contributed by atoms with Crippen molar-refractivity contribution in [3.63, 3.8) is 0 Å². The molecule has 2 rings (SSSR count). The molecule has 1 saturated heterocycles. The zero-order valence-corrected chi connectivity index (χ0v) is 11.9. The van der Waals surface area contributed by atoms with Crippen molar-refractivity contribution < 1.29 is 14.0 Å². The molecule has 1 aliphatic heterocycles. The van der Waals surface area contributed by atoms with Gasteiger partial charge in [0.2, 0.25) is 0 Å². The van der Waals surface area contributed by atoms with Crippen molar-refractivity contribution in [1.29, 1.82) is 0 Å². The van der Waals surface area contributed by atoms with Crippen LogP contribution in [0.2, 0.25) is 0 Å². The molecule has 1 aromatic rings. The number of amides is 3. The van der Waals surface area contributed by atoms with E-state index in [1.165, 1.54) is 18.2 Å². The normalized spacial score (nSPS) is 17.2. The third kappa shape index (κ3) is 2.49. The first-order valence-electron chi connectivity index (χ1n) is 5.95. The van der Waals surface area contributed by atoms with E-state index < -0.39 is 17.4 Å². The van der Waals surface area contributed by atoms with E-state index in [9.17, 15) is 14.0 Å². The van der Waals surface area contributed by atoms with Crippen LogP contribution in [0.15, 0.2) is 18.2 Å². The highest BCUT2D eigenvalue weighted by Gasteiger charge is 2.44. The van der Waals surface area contributed by atoms with Crippen molar-refractivity contribution in [3.8, 4) is 0 Å². The average Bonchev–Trinajstić information content (AvgIpc) is 2.53. The fourth-order valence-electron chi connectivity index (χ4n) is 2.00. The topological polar surface area (TPSA) is 75.4 Å². The minimum Gasteiger partial charge on any atom is -0.389 e. The van der Waals surface area contributed by atoms with Gasteiger partial charge in [-0.3, -0.25) is 9.69 Å². The Kier molecular flexibility index (Phi) is 3.47. The van der Waals surface area contributed by atoms with Crippen LogP contribution in [0.1, 0.15) is 25.0 Å². The molecule has 0 atom stereocenters. The van der Waals surface area contributed by atoms with Crippen LogP contribution in [0.5, 0.6) is 0 Å². The van der Waals surface area contributed by atoms with Gasteiger partial charge in [-0.25, -0.2) is 9.18 Å². The molecule has 106 valence electrons. The molecule has 3 amide bonds. The SMILES string of the molecule is CC1(C)NC(=O)N(Cc2ccc(F)c(C(N)=S)c2)C1=O. The van der Waals surface area contributed by atoms with Crippen LogP contribution in [0.3, 0.4) is 0 Å². The van der Waals surface area contributed by atoms with Crippen molar-refractivity contribution in [2.24, 2.45) is 5.73 Å². The first kappa shape index (κ1) is 14.4. The molecule has 1 aromatic carbocycles. The molecule has 0 bridgehead atoms. The number of thiocarbonyl (C=S) groups is 1. The Balaban J connectivity index is 2.27. The van der Waals surface area contributed by atoms with Gasteiger partial charge in [-0.1, -0.05) is 18.3 Å². The summed E-state index contributed by atoms with van der Waals surface area (Å²) < 4.78 is 13.5. The van der Waals surface area contributed by atoms with Crippen LogP contribution in [-0.4, -0.2) is 27.4 Å². The van der Waals surface area contributed by atoms with E-state index in [4.69, 9.17) is 18.0 Å². The summed E-state index contributed by atoms with van der Waals surface area (Å²) in [6.07, 6.45) is 0. The Morgan fingerprint density at radius 3 is 2.60 bits per heavy atom. The number of benzene rings is 1. The standard InChI is InChI=1S/C13H14FN3O2S/c1-13(2)11(18)17(12(19)16-13)6-7-3-4-9(14)8(5-7)10(15)20/h3-5H,6H2,1-2H3,(H2,15,20)(H,16,19). The summed E-state index contributed by atoms with van der Waals surface area (Å²) >= 11 is 4.75. The highest BCUT2D eigenvalue weighted by molar-refractivity contribution is 7.80. The summed E-state index contributed by atoms with van der Waals surface area (Å²) in [5.74, 6) is -0.859. The minimum absolute atomic E-state index is 0.0456. The van der Waals surface area contributed by atoms with Crippen molar-refractivity contribution in [2.75, 3.05) is 0 Å². The van der Waals surface area contributed by atoms with Crippen molar-refractivity contribution in [1.82, 2.24) is 10.2 Å². The molecule has 0 saturated carbocycles. The van der Waals surface area contributed by atoms with E-state index in [-0.39, 0.29) is 23.0 Å². The zero-order chi connectivity index (χ0) is 15.1. The molecule has 1 aliphatic rings. The van der Waals surface area contributed by atoms with E-state index in [1.54, 1.807) is 13.8 Å². The first-order chi connectivity index (χ1) is 9.22. The Morgan fingerprint density at radius 1 is 1.45 bits per heavy atom. The maximum atomic E-state index is 13.5. The minimum atomic E-state index is -0.927. The quantitative estimate of drug-likeness (QED) is 0.651. The number of urea groups is 1. The molecule has 5 nitrogen and oxygen atoms in total. The molecule has 0 radical (unpaired) electrons. The zero-order valence-electron chi connectivity index (χ0n) is 11.1. The largest absolute Gasteiger partial charge is 0.389 e. The lowest BCUT2D eigenvalue weighted by Crippen LogP contribution is -2.40. The number of hydrogen-bond donors (Lipinski definition) is 2. The number of hydrogen-bond acceptors (Lipinski definition) is 3. The summed E-state index contributed by atoms with van der Waals surface area (Å²) in [7, 11) is 0. The smallest absolute Gasteiger partial charge is 0.325 e. The summed E-state index contributed by atoms with van der Waals surface area (Å²) in [6, 6.07) is 3.68. The van der Waals surface area contributed by atoms with E-state index in [1.807, 2.05) is 0 Å². The molecule has 0 aromatic heterocycles. The van der Waals surface area contributed by atoms with Crippen LogP contribution < -0.4 is 11.1 Å². The van der Waals surface area contributed by atoms with Gasteiger partial charge in [-0.15, -0.1) is 0 Å². The van der Waals surface area contributed by atoms with E-state index in [0.29, 0.717) is 5.56 Å².